The normalized spacial score (nSPS) is 22.9. The molecule has 0 amide bonds. The van der Waals surface area contributed by atoms with Gasteiger partial charge in [-0.3, -0.25) is 4.99 Å². The van der Waals surface area contributed by atoms with Gasteiger partial charge in [-0.15, -0.1) is 4.91 Å². The number of alkyl halides is 1. The Morgan fingerprint density at radius 2 is 2.45 bits per heavy atom. The predicted molar refractivity (Wildman–Crippen MR) is 44.6 cm³/mol. The van der Waals surface area contributed by atoms with Crippen molar-refractivity contribution in [3.05, 3.63) is 16.6 Å². The molecular formula is C6H7BrHoN2O. The smallest absolute Gasteiger partial charge is 0.194 e. The van der Waals surface area contributed by atoms with E-state index in [2.05, 4.69) is 26.1 Å². The molecule has 0 aromatic carbocycles. The van der Waals surface area contributed by atoms with Gasteiger partial charge >= 0.3 is 0 Å². The quantitative estimate of drug-likeness (QED) is 0.366. The van der Waals surface area contributed by atoms with Crippen LogP contribution in [0.1, 0.15) is 6.92 Å². The summed E-state index contributed by atoms with van der Waals surface area (Å²) >= 11 is 3.36. The number of amidine groups is 1. The van der Waals surface area contributed by atoms with Crippen LogP contribution in [-0.2, 0) is 0 Å². The number of nitroso groups, excluding NO2 is 1. The second-order valence-corrected chi connectivity index (χ2v) is 3.30. The van der Waals surface area contributed by atoms with Gasteiger partial charge in [0.15, 0.2) is 5.84 Å². The first-order chi connectivity index (χ1) is 4.74. The molecule has 1 heterocycles. The molecule has 1 atom stereocenters. The van der Waals surface area contributed by atoms with Crippen LogP contribution in [0.4, 0.5) is 0 Å². The summed E-state index contributed by atoms with van der Waals surface area (Å²) in [5.74, 6) is 0.329. The Balaban J connectivity index is 0.000001000. The molecular weight excluding hydrogens is 361 g/mol. The molecule has 65 valence electrons. The van der Waals surface area contributed by atoms with Crippen molar-refractivity contribution >= 4 is 21.8 Å². The molecule has 0 saturated heterocycles. The molecule has 1 unspecified atom stereocenters. The molecule has 0 bridgehead atoms. The number of aliphatic imine (C=N–C) groups is 1. The Bertz CT molecular complexity index is 215. The fraction of sp³-hybridized carbons (Fsp3) is 0.500. The van der Waals surface area contributed by atoms with Gasteiger partial charge in [0.25, 0.3) is 0 Å². The number of hydrogen-bond acceptors (Lipinski definition) is 3. The molecule has 11 heavy (non-hydrogen) atoms. The van der Waals surface area contributed by atoms with Gasteiger partial charge in [-0.05, 0) is 17.7 Å². The summed E-state index contributed by atoms with van der Waals surface area (Å²) in [6, 6.07) is 0. The van der Waals surface area contributed by atoms with E-state index in [0.717, 1.165) is 5.57 Å². The zero-order chi connectivity index (χ0) is 7.56. The number of hydrogen-bond donors (Lipinski definition) is 0. The molecule has 0 spiro atoms. The topological polar surface area (TPSA) is 41.8 Å². The van der Waals surface area contributed by atoms with E-state index in [-0.39, 0.29) is 42.6 Å². The van der Waals surface area contributed by atoms with Crippen LogP contribution in [0.3, 0.4) is 0 Å². The largest absolute Gasteiger partial charge is 0.262 e. The molecule has 0 fully saturated rings. The van der Waals surface area contributed by atoms with Crippen molar-refractivity contribution in [3.8, 4) is 0 Å². The Hall–Kier alpha value is 0.750. The van der Waals surface area contributed by atoms with Crippen LogP contribution in [-0.4, -0.2) is 17.2 Å². The minimum absolute atomic E-state index is 0. The fourth-order valence-electron chi connectivity index (χ4n) is 0.798. The van der Waals surface area contributed by atoms with Gasteiger partial charge in [-0.25, -0.2) is 0 Å². The van der Waals surface area contributed by atoms with E-state index in [0.29, 0.717) is 12.4 Å². The van der Waals surface area contributed by atoms with Gasteiger partial charge in [-0.1, -0.05) is 22.0 Å². The van der Waals surface area contributed by atoms with Crippen molar-refractivity contribution in [2.24, 2.45) is 10.2 Å². The standard InChI is InChI=1S/C6H7BrN2O.Ho/c1-4-2-5(7)3-8-6(4)9-10;/h2,5H,3H2,1H3;. The van der Waals surface area contributed by atoms with E-state index >= 15 is 0 Å². The molecule has 5 heteroatoms. The maximum Gasteiger partial charge on any atom is 0.194 e. The number of rotatable bonds is 0. The summed E-state index contributed by atoms with van der Waals surface area (Å²) in [6.07, 6.45) is 1.93. The summed E-state index contributed by atoms with van der Waals surface area (Å²) in [7, 11) is 0. The Morgan fingerprint density at radius 1 is 1.82 bits per heavy atom. The van der Waals surface area contributed by atoms with E-state index in [4.69, 9.17) is 0 Å². The van der Waals surface area contributed by atoms with Crippen molar-refractivity contribution in [1.29, 1.82) is 0 Å². The van der Waals surface area contributed by atoms with Crippen LogP contribution in [0, 0.1) is 42.6 Å². The number of dihydropyridines is 1. The van der Waals surface area contributed by atoms with Crippen LogP contribution < -0.4 is 0 Å². The van der Waals surface area contributed by atoms with Gasteiger partial charge in [-0.2, -0.15) is 0 Å². The molecule has 0 aromatic rings. The Morgan fingerprint density at radius 3 is 2.91 bits per heavy atom. The van der Waals surface area contributed by atoms with Crippen LogP contribution >= 0.6 is 15.9 Å². The molecule has 3 nitrogen and oxygen atoms in total. The monoisotopic (exact) mass is 367 g/mol. The maximum atomic E-state index is 10.0. The molecule has 1 rings (SSSR count). The minimum atomic E-state index is 0. The average Bonchev–Trinajstić information content (AvgIpc) is 1.88. The first-order valence-corrected chi connectivity index (χ1v) is 3.86. The number of nitrogens with zero attached hydrogens (tertiary/aromatic N) is 2. The van der Waals surface area contributed by atoms with Gasteiger partial charge in [0.2, 0.25) is 0 Å². The van der Waals surface area contributed by atoms with E-state index in [1.807, 2.05) is 13.0 Å². The average molecular weight is 368 g/mol. The third kappa shape index (κ3) is 3.32. The van der Waals surface area contributed by atoms with E-state index < -0.39 is 0 Å². The molecule has 1 radical (unpaired) electrons. The van der Waals surface area contributed by atoms with Crippen molar-refractivity contribution < 1.29 is 37.7 Å². The summed E-state index contributed by atoms with van der Waals surface area (Å²) in [4.78, 5) is 14.2. The zero-order valence-corrected chi connectivity index (χ0v) is 9.36. The Kier molecular flexibility index (Phi) is 5.77. The molecule has 1 aliphatic rings. The van der Waals surface area contributed by atoms with Gasteiger partial charge in [0.05, 0.1) is 11.4 Å². The Labute approximate surface area is 103 Å². The molecule has 0 saturated carbocycles. The molecule has 1 aliphatic heterocycles. The van der Waals surface area contributed by atoms with E-state index in [1.165, 1.54) is 0 Å². The van der Waals surface area contributed by atoms with Crippen LogP contribution in [0.25, 0.3) is 0 Å². The zero-order valence-electron chi connectivity index (χ0n) is 5.84. The first kappa shape index (κ1) is 11.7. The summed E-state index contributed by atoms with van der Waals surface area (Å²) in [6.45, 7) is 2.44. The second kappa shape index (κ2) is 5.40. The van der Waals surface area contributed by atoms with Gasteiger partial charge < -0.3 is 0 Å². The van der Waals surface area contributed by atoms with E-state index in [9.17, 15) is 4.91 Å². The minimum Gasteiger partial charge on any atom is -0.262 e. The molecule has 0 N–H and O–H groups in total. The van der Waals surface area contributed by atoms with Crippen LogP contribution in [0.5, 0.6) is 0 Å². The molecule has 0 aliphatic carbocycles. The third-order valence-electron chi connectivity index (χ3n) is 1.29. The van der Waals surface area contributed by atoms with Crippen LogP contribution in [0.15, 0.2) is 21.8 Å². The molecule has 0 aromatic heterocycles. The third-order valence-corrected chi connectivity index (χ3v) is 1.84. The van der Waals surface area contributed by atoms with Crippen LogP contribution in [0.2, 0.25) is 0 Å². The summed E-state index contributed by atoms with van der Waals surface area (Å²) in [5.41, 5.74) is 0.850. The summed E-state index contributed by atoms with van der Waals surface area (Å²) < 4.78 is 0. The second-order valence-electron chi connectivity index (χ2n) is 2.12. The van der Waals surface area contributed by atoms with Gasteiger partial charge in [0.1, 0.15) is 0 Å². The summed E-state index contributed by atoms with van der Waals surface area (Å²) in [5, 5.41) is 2.77. The van der Waals surface area contributed by atoms with Gasteiger partial charge in [0, 0.05) is 37.7 Å². The van der Waals surface area contributed by atoms with Crippen molar-refractivity contribution in [1.82, 2.24) is 0 Å². The SMILES string of the molecule is CC1=CC(Br)CN=C1N=O.[Ho]. The fourth-order valence-corrected chi connectivity index (χ4v) is 1.34. The van der Waals surface area contributed by atoms with E-state index in [1.54, 1.807) is 0 Å². The van der Waals surface area contributed by atoms with Crippen molar-refractivity contribution in [2.75, 3.05) is 6.54 Å². The predicted octanol–water partition coefficient (Wildman–Crippen LogP) is 1.87. The maximum absolute atomic E-state index is 10.0. The number of halogens is 1. The van der Waals surface area contributed by atoms with Crippen molar-refractivity contribution in [3.63, 3.8) is 0 Å². The van der Waals surface area contributed by atoms with Crippen molar-refractivity contribution in [2.45, 2.75) is 11.8 Å². The first-order valence-electron chi connectivity index (χ1n) is 2.94.